The second-order valence-electron chi connectivity index (χ2n) is 8.00. The van der Waals surface area contributed by atoms with Gasteiger partial charge < -0.3 is 30.2 Å². The zero-order valence-corrected chi connectivity index (χ0v) is 16.1. The molecule has 9 heteroatoms. The summed E-state index contributed by atoms with van der Waals surface area (Å²) in [6.45, 7) is 3.47. The summed E-state index contributed by atoms with van der Waals surface area (Å²) in [7, 11) is 0. The third-order valence-electron chi connectivity index (χ3n) is 5.24. The number of benzene rings is 1. The number of carbonyl (C=O) groups excluding carboxylic acids is 1. The fourth-order valence-corrected chi connectivity index (χ4v) is 3.25. The number of hydrogen-bond donors (Lipinski definition) is 4. The van der Waals surface area contributed by atoms with Crippen molar-refractivity contribution in [3.63, 3.8) is 0 Å². The molecule has 4 N–H and O–H groups in total. The van der Waals surface area contributed by atoms with Crippen LogP contribution in [-0.2, 0) is 4.79 Å². The molecule has 3 heterocycles. The second-order valence-corrected chi connectivity index (χ2v) is 8.00. The molecule has 9 nitrogen and oxygen atoms in total. The molecule has 0 saturated heterocycles. The first-order valence-electron chi connectivity index (χ1n) is 9.43. The van der Waals surface area contributed by atoms with Crippen molar-refractivity contribution >= 4 is 40.1 Å². The van der Waals surface area contributed by atoms with E-state index in [0.29, 0.717) is 40.0 Å². The number of carbonyl (C=O) groups is 1. The Balaban J connectivity index is 1.45. The van der Waals surface area contributed by atoms with Crippen molar-refractivity contribution < 1.29 is 19.1 Å². The van der Waals surface area contributed by atoms with Crippen LogP contribution in [0.15, 0.2) is 34.9 Å². The molecule has 1 aromatic carbocycles. The van der Waals surface area contributed by atoms with Crippen molar-refractivity contribution in [1.82, 2.24) is 9.97 Å². The zero-order chi connectivity index (χ0) is 20.2. The lowest BCUT2D eigenvalue weighted by atomic mass is 10.1. The number of aliphatic hydroxyl groups excluding tert-OH is 1. The Kier molecular flexibility index (Phi) is 3.72. The van der Waals surface area contributed by atoms with Crippen LogP contribution >= 0.6 is 0 Å². The summed E-state index contributed by atoms with van der Waals surface area (Å²) in [5.41, 5.74) is 1.22. The Morgan fingerprint density at radius 1 is 1.24 bits per heavy atom. The van der Waals surface area contributed by atoms with E-state index in [2.05, 4.69) is 25.9 Å². The van der Waals surface area contributed by atoms with E-state index < -0.39 is 5.60 Å². The van der Waals surface area contributed by atoms with Gasteiger partial charge in [-0.1, -0.05) is 0 Å². The molecule has 2 aliphatic rings. The van der Waals surface area contributed by atoms with Crippen molar-refractivity contribution in [2.45, 2.75) is 37.8 Å². The number of ether oxygens (including phenoxy) is 1. The molecular formula is C20H21N5O4. The van der Waals surface area contributed by atoms with Gasteiger partial charge in [-0.3, -0.25) is 4.79 Å². The maximum absolute atomic E-state index is 12.2. The molecule has 0 radical (unpaired) electrons. The molecule has 1 aliphatic heterocycles. The second kappa shape index (κ2) is 6.08. The number of anilines is 4. The Hall–Kier alpha value is -3.33. The minimum absolute atomic E-state index is 0.0306. The molecule has 0 unspecified atom stereocenters. The first-order chi connectivity index (χ1) is 13.9. The Bertz CT molecular complexity index is 1120. The molecule has 150 valence electrons. The number of nitrogens with zero attached hydrogens (tertiary/aromatic N) is 2. The van der Waals surface area contributed by atoms with Gasteiger partial charge in [0.05, 0.1) is 24.1 Å². The van der Waals surface area contributed by atoms with E-state index in [4.69, 9.17) is 9.15 Å². The number of rotatable bonds is 5. The van der Waals surface area contributed by atoms with Gasteiger partial charge in [-0.2, -0.15) is 4.98 Å². The SMILES string of the molecule is CC1(C)Oc2ccc(Nc3nc(NC4(CO)CC4)c4occc4n3)cc2NC1=O. The van der Waals surface area contributed by atoms with E-state index in [1.165, 1.54) is 0 Å². The zero-order valence-electron chi connectivity index (χ0n) is 16.1. The Labute approximate surface area is 166 Å². The monoisotopic (exact) mass is 395 g/mol. The fraction of sp³-hybridized carbons (Fsp3) is 0.350. The van der Waals surface area contributed by atoms with Gasteiger partial charge in [0.15, 0.2) is 17.0 Å². The number of furan rings is 1. The summed E-state index contributed by atoms with van der Waals surface area (Å²) in [6.07, 6.45) is 3.30. The summed E-state index contributed by atoms with van der Waals surface area (Å²) in [6, 6.07) is 7.15. The maximum atomic E-state index is 12.2. The lowest BCUT2D eigenvalue weighted by Crippen LogP contribution is -2.45. The maximum Gasteiger partial charge on any atom is 0.268 e. The molecule has 1 aliphatic carbocycles. The molecule has 1 saturated carbocycles. The van der Waals surface area contributed by atoms with Crippen LogP contribution in [-0.4, -0.2) is 38.7 Å². The Morgan fingerprint density at radius 2 is 2.07 bits per heavy atom. The molecule has 2 aromatic heterocycles. The van der Waals surface area contributed by atoms with Crippen LogP contribution in [0.2, 0.25) is 0 Å². The first-order valence-corrected chi connectivity index (χ1v) is 9.43. The van der Waals surface area contributed by atoms with Gasteiger partial charge in [0.1, 0.15) is 11.3 Å². The van der Waals surface area contributed by atoms with E-state index in [1.807, 2.05) is 6.07 Å². The largest absolute Gasteiger partial charge is 0.476 e. The molecule has 5 rings (SSSR count). The quantitative estimate of drug-likeness (QED) is 0.520. The van der Waals surface area contributed by atoms with Gasteiger partial charge >= 0.3 is 0 Å². The highest BCUT2D eigenvalue weighted by atomic mass is 16.5. The molecule has 1 amide bonds. The third-order valence-corrected chi connectivity index (χ3v) is 5.24. The van der Waals surface area contributed by atoms with Gasteiger partial charge in [-0.25, -0.2) is 4.98 Å². The van der Waals surface area contributed by atoms with E-state index in [-0.39, 0.29) is 18.1 Å². The van der Waals surface area contributed by atoms with E-state index in [0.717, 1.165) is 12.8 Å². The van der Waals surface area contributed by atoms with Gasteiger partial charge in [0.25, 0.3) is 5.91 Å². The predicted octanol–water partition coefficient (Wildman–Crippen LogP) is 3.01. The van der Waals surface area contributed by atoms with Crippen molar-refractivity contribution in [1.29, 1.82) is 0 Å². The van der Waals surface area contributed by atoms with Gasteiger partial charge in [-0.15, -0.1) is 0 Å². The van der Waals surface area contributed by atoms with Crippen LogP contribution in [0.4, 0.5) is 23.1 Å². The molecule has 0 bridgehead atoms. The fourth-order valence-electron chi connectivity index (χ4n) is 3.25. The first kappa shape index (κ1) is 17.7. The number of aromatic nitrogens is 2. The number of amides is 1. The summed E-state index contributed by atoms with van der Waals surface area (Å²) in [4.78, 5) is 21.2. The molecule has 0 atom stereocenters. The van der Waals surface area contributed by atoms with Crippen LogP contribution in [0, 0.1) is 0 Å². The van der Waals surface area contributed by atoms with Crippen molar-refractivity contribution in [3.8, 4) is 5.75 Å². The summed E-state index contributed by atoms with van der Waals surface area (Å²) in [5.74, 6) is 1.31. The van der Waals surface area contributed by atoms with E-state index in [1.54, 1.807) is 38.3 Å². The summed E-state index contributed by atoms with van der Waals surface area (Å²) >= 11 is 0. The highest BCUT2D eigenvalue weighted by molar-refractivity contribution is 6.00. The van der Waals surface area contributed by atoms with Crippen LogP contribution in [0.5, 0.6) is 5.75 Å². The molecule has 0 spiro atoms. The Morgan fingerprint density at radius 3 is 2.83 bits per heavy atom. The lowest BCUT2D eigenvalue weighted by Gasteiger charge is -2.31. The minimum Gasteiger partial charge on any atom is -0.476 e. The van der Waals surface area contributed by atoms with E-state index >= 15 is 0 Å². The molecule has 1 fully saturated rings. The topological polar surface area (TPSA) is 122 Å². The highest BCUT2D eigenvalue weighted by Crippen LogP contribution is 2.40. The van der Waals surface area contributed by atoms with Crippen LogP contribution in [0.1, 0.15) is 26.7 Å². The molecule has 3 aromatic rings. The average Bonchev–Trinajstić information content (AvgIpc) is 3.28. The summed E-state index contributed by atoms with van der Waals surface area (Å²) < 4.78 is 11.3. The standard InChI is InChI=1S/C20H21N5O4/c1-19(2)17(27)22-13-9-11(3-4-14(13)29-19)21-18-23-12-5-8-28-15(12)16(24-18)25-20(10-26)6-7-20/h3-5,8-9,26H,6-7,10H2,1-2H3,(H,22,27)(H2,21,23,24,25). The van der Waals surface area contributed by atoms with Gasteiger partial charge in [0.2, 0.25) is 5.95 Å². The van der Waals surface area contributed by atoms with E-state index in [9.17, 15) is 9.90 Å². The van der Waals surface area contributed by atoms with Crippen LogP contribution in [0.25, 0.3) is 11.1 Å². The average molecular weight is 395 g/mol. The smallest absolute Gasteiger partial charge is 0.268 e. The van der Waals surface area contributed by atoms with Crippen LogP contribution < -0.4 is 20.7 Å². The van der Waals surface area contributed by atoms with Crippen molar-refractivity contribution in [3.05, 3.63) is 30.5 Å². The minimum atomic E-state index is -0.913. The number of fused-ring (bicyclic) bond motifs is 2. The molecule has 29 heavy (non-hydrogen) atoms. The summed E-state index contributed by atoms with van der Waals surface area (Å²) in [5, 5.41) is 18.9. The van der Waals surface area contributed by atoms with Gasteiger partial charge in [0, 0.05) is 11.8 Å². The van der Waals surface area contributed by atoms with Gasteiger partial charge in [-0.05, 0) is 44.9 Å². The number of nitrogens with one attached hydrogen (secondary N) is 3. The predicted molar refractivity (Wildman–Crippen MR) is 108 cm³/mol. The lowest BCUT2D eigenvalue weighted by molar-refractivity contribution is -0.129. The van der Waals surface area contributed by atoms with Crippen LogP contribution in [0.3, 0.4) is 0 Å². The number of hydrogen-bond acceptors (Lipinski definition) is 8. The normalized spacial score (nSPS) is 18.5. The third kappa shape index (κ3) is 3.13. The van der Waals surface area contributed by atoms with Crippen molar-refractivity contribution in [2.75, 3.05) is 22.6 Å². The van der Waals surface area contributed by atoms with Crippen molar-refractivity contribution in [2.24, 2.45) is 0 Å². The molecular weight excluding hydrogens is 374 g/mol. The number of aliphatic hydroxyl groups is 1. The highest BCUT2D eigenvalue weighted by Gasteiger charge is 2.43.